The number of amides is 1. The van der Waals surface area contributed by atoms with Crippen LogP contribution in [-0.4, -0.2) is 44.2 Å². The molecular formula is C28H31N3O4. The third kappa shape index (κ3) is 4.27. The van der Waals surface area contributed by atoms with Gasteiger partial charge in [0.2, 0.25) is 0 Å². The Bertz CT molecular complexity index is 1480. The zero-order valence-electron chi connectivity index (χ0n) is 20.6. The Labute approximate surface area is 204 Å². The zero-order valence-corrected chi connectivity index (χ0v) is 20.6. The van der Waals surface area contributed by atoms with E-state index >= 15 is 0 Å². The summed E-state index contributed by atoms with van der Waals surface area (Å²) in [6.07, 6.45) is 1.20. The summed E-state index contributed by atoms with van der Waals surface area (Å²) in [7, 11) is 1.80. The van der Waals surface area contributed by atoms with E-state index in [4.69, 9.17) is 4.74 Å². The van der Waals surface area contributed by atoms with Gasteiger partial charge >= 0.3 is 6.09 Å². The van der Waals surface area contributed by atoms with Crippen molar-refractivity contribution in [2.45, 2.75) is 45.3 Å². The molecule has 1 saturated heterocycles. The van der Waals surface area contributed by atoms with Crippen LogP contribution in [0.15, 0.2) is 59.4 Å². The highest BCUT2D eigenvalue weighted by Gasteiger charge is 2.29. The van der Waals surface area contributed by atoms with E-state index in [-0.39, 0.29) is 23.4 Å². The molecule has 0 saturated carbocycles. The van der Waals surface area contributed by atoms with Crippen molar-refractivity contribution >= 4 is 27.8 Å². The fourth-order valence-electron chi connectivity index (χ4n) is 5.10. The predicted molar refractivity (Wildman–Crippen MR) is 138 cm³/mol. The molecule has 2 heterocycles. The molecule has 1 aliphatic rings. The van der Waals surface area contributed by atoms with Crippen molar-refractivity contribution in [3.63, 3.8) is 0 Å². The number of fused-ring (bicyclic) bond motifs is 2. The smallest absolute Gasteiger partial charge is 0.410 e. The number of ether oxygens (including phenoxy) is 1. The number of phenols is 1. The second kappa shape index (κ2) is 8.48. The number of aromatic hydroxyl groups is 1. The van der Waals surface area contributed by atoms with Crippen molar-refractivity contribution in [3.05, 3.63) is 65.0 Å². The van der Waals surface area contributed by atoms with Crippen LogP contribution in [0.25, 0.3) is 32.8 Å². The first kappa shape index (κ1) is 23.0. The first-order valence-electron chi connectivity index (χ1n) is 12.0. The average molecular weight is 474 g/mol. The van der Waals surface area contributed by atoms with E-state index in [1.54, 1.807) is 28.8 Å². The number of hydrogen-bond acceptors (Lipinski definition) is 4. The van der Waals surface area contributed by atoms with Gasteiger partial charge in [-0.05, 0) is 79.8 Å². The van der Waals surface area contributed by atoms with E-state index < -0.39 is 5.60 Å². The van der Waals surface area contributed by atoms with Gasteiger partial charge in [-0.3, -0.25) is 14.2 Å². The number of carbonyl (C=O) groups excluding carboxylic acids is 1. The van der Waals surface area contributed by atoms with Crippen molar-refractivity contribution in [1.29, 1.82) is 0 Å². The molecule has 7 heteroatoms. The highest BCUT2D eigenvalue weighted by Crippen LogP contribution is 2.35. The zero-order chi connectivity index (χ0) is 24.9. The fraction of sp³-hybridized carbons (Fsp3) is 0.357. The molecule has 1 aliphatic heterocycles. The second-order valence-electron chi connectivity index (χ2n) is 10.3. The largest absolute Gasteiger partial charge is 0.508 e. The number of carbonyl (C=O) groups is 1. The number of phenolic OH excluding ortho intramolecular Hbond substituents is 1. The second-order valence-corrected chi connectivity index (χ2v) is 10.3. The molecule has 4 aromatic rings. The van der Waals surface area contributed by atoms with Gasteiger partial charge in [-0.1, -0.05) is 30.3 Å². The van der Waals surface area contributed by atoms with Crippen LogP contribution in [0.3, 0.4) is 0 Å². The quantitative estimate of drug-likeness (QED) is 0.421. The molecule has 0 aliphatic carbocycles. The number of rotatable bonds is 2. The monoisotopic (exact) mass is 473 g/mol. The number of benzene rings is 3. The van der Waals surface area contributed by atoms with Gasteiger partial charge < -0.3 is 14.7 Å². The lowest BCUT2D eigenvalue weighted by Crippen LogP contribution is -2.42. The maximum Gasteiger partial charge on any atom is 0.410 e. The van der Waals surface area contributed by atoms with Crippen LogP contribution in [0.1, 0.15) is 39.7 Å². The van der Waals surface area contributed by atoms with Crippen LogP contribution in [0.4, 0.5) is 4.79 Å². The summed E-state index contributed by atoms with van der Waals surface area (Å²) in [6.45, 7) is 6.77. The highest BCUT2D eigenvalue weighted by molar-refractivity contribution is 5.99. The first-order chi connectivity index (χ1) is 16.6. The van der Waals surface area contributed by atoms with Gasteiger partial charge in [-0.2, -0.15) is 0 Å². The Kier molecular flexibility index (Phi) is 5.58. The van der Waals surface area contributed by atoms with Gasteiger partial charge in [0, 0.05) is 20.1 Å². The Morgan fingerprint density at radius 3 is 2.43 bits per heavy atom. The minimum atomic E-state index is -0.521. The summed E-state index contributed by atoms with van der Waals surface area (Å²) >= 11 is 0. The summed E-state index contributed by atoms with van der Waals surface area (Å²) < 4.78 is 9.26. The highest BCUT2D eigenvalue weighted by atomic mass is 16.6. The molecule has 3 aromatic carbocycles. The van der Waals surface area contributed by atoms with E-state index in [2.05, 4.69) is 4.68 Å². The fourth-order valence-corrected chi connectivity index (χ4v) is 5.10. The van der Waals surface area contributed by atoms with Crippen LogP contribution in [0, 0.1) is 0 Å². The molecule has 1 fully saturated rings. The summed E-state index contributed by atoms with van der Waals surface area (Å²) in [5, 5.41) is 12.9. The SMILES string of the molecule is Cn1c(=O)c2cc(-c3cc(O)cc4ccccc34)ccc2n1C1CCN(C(=O)OC(C)(C)C)CC1. The molecule has 1 amide bonds. The summed E-state index contributed by atoms with van der Waals surface area (Å²) in [6, 6.07) is 17.4. The number of piperidine rings is 1. The summed E-state index contributed by atoms with van der Waals surface area (Å²) in [5.41, 5.74) is 2.08. The van der Waals surface area contributed by atoms with Crippen LogP contribution in [-0.2, 0) is 11.8 Å². The van der Waals surface area contributed by atoms with E-state index in [9.17, 15) is 14.7 Å². The summed E-state index contributed by atoms with van der Waals surface area (Å²) in [5.74, 6) is 0.195. The van der Waals surface area contributed by atoms with E-state index in [0.29, 0.717) is 18.5 Å². The number of nitrogens with zero attached hydrogens (tertiary/aromatic N) is 3. The van der Waals surface area contributed by atoms with E-state index in [0.717, 1.165) is 40.3 Å². The molecular weight excluding hydrogens is 442 g/mol. The maximum atomic E-state index is 13.2. The van der Waals surface area contributed by atoms with Crippen molar-refractivity contribution in [2.24, 2.45) is 7.05 Å². The Balaban J connectivity index is 1.48. The van der Waals surface area contributed by atoms with Crippen molar-refractivity contribution in [3.8, 4) is 16.9 Å². The maximum absolute atomic E-state index is 13.2. The predicted octanol–water partition coefficient (Wildman–Crippen LogP) is 5.44. The minimum Gasteiger partial charge on any atom is -0.508 e. The molecule has 0 atom stereocenters. The molecule has 0 radical (unpaired) electrons. The molecule has 1 aromatic heterocycles. The molecule has 0 bridgehead atoms. The van der Waals surface area contributed by atoms with E-state index in [1.165, 1.54) is 0 Å². The summed E-state index contributed by atoms with van der Waals surface area (Å²) in [4.78, 5) is 27.4. The van der Waals surface area contributed by atoms with Gasteiger partial charge in [-0.25, -0.2) is 4.79 Å². The van der Waals surface area contributed by atoms with Crippen LogP contribution in [0.5, 0.6) is 5.75 Å². The minimum absolute atomic E-state index is 0.0547. The van der Waals surface area contributed by atoms with E-state index in [1.807, 2.05) is 63.2 Å². The molecule has 7 nitrogen and oxygen atoms in total. The topological polar surface area (TPSA) is 76.7 Å². The third-order valence-corrected chi connectivity index (χ3v) is 6.71. The van der Waals surface area contributed by atoms with Crippen LogP contribution < -0.4 is 5.56 Å². The first-order valence-corrected chi connectivity index (χ1v) is 12.0. The lowest BCUT2D eigenvalue weighted by molar-refractivity contribution is 0.0183. The van der Waals surface area contributed by atoms with Crippen molar-refractivity contribution < 1.29 is 14.6 Å². The van der Waals surface area contributed by atoms with Gasteiger partial charge in [-0.15, -0.1) is 0 Å². The normalized spacial score (nSPS) is 15.1. The molecule has 35 heavy (non-hydrogen) atoms. The van der Waals surface area contributed by atoms with Gasteiger partial charge in [0.25, 0.3) is 5.56 Å². The van der Waals surface area contributed by atoms with Crippen LogP contribution >= 0.6 is 0 Å². The van der Waals surface area contributed by atoms with Gasteiger partial charge in [0.05, 0.1) is 16.9 Å². The van der Waals surface area contributed by atoms with Crippen molar-refractivity contribution in [1.82, 2.24) is 14.3 Å². The Morgan fingerprint density at radius 1 is 1.00 bits per heavy atom. The van der Waals surface area contributed by atoms with Crippen molar-refractivity contribution in [2.75, 3.05) is 13.1 Å². The third-order valence-electron chi connectivity index (χ3n) is 6.71. The standard InChI is InChI=1S/C28H31N3O4/c1-28(2,3)35-27(34)30-13-11-20(12-14-30)31-25-10-9-19(16-24(25)26(33)29(31)4)23-17-21(32)15-18-7-5-6-8-22(18)23/h5-10,15-17,20,32H,11-14H2,1-4H3. The average Bonchev–Trinajstić information content (AvgIpc) is 3.07. The Morgan fingerprint density at radius 2 is 1.71 bits per heavy atom. The van der Waals surface area contributed by atoms with Gasteiger partial charge in [0.1, 0.15) is 11.4 Å². The molecule has 0 spiro atoms. The van der Waals surface area contributed by atoms with Crippen LogP contribution in [0.2, 0.25) is 0 Å². The number of hydrogen-bond donors (Lipinski definition) is 1. The molecule has 0 unspecified atom stereocenters. The van der Waals surface area contributed by atoms with Gasteiger partial charge in [0.15, 0.2) is 0 Å². The number of aromatic nitrogens is 2. The number of likely N-dealkylation sites (tertiary alicyclic amines) is 1. The molecule has 5 rings (SSSR count). The lowest BCUT2D eigenvalue weighted by atomic mass is 9.97. The Hall–Kier alpha value is -3.74. The molecule has 1 N–H and O–H groups in total. The lowest BCUT2D eigenvalue weighted by Gasteiger charge is -2.34. The molecule has 182 valence electrons.